The van der Waals surface area contributed by atoms with Crippen LogP contribution in [-0.2, 0) is 14.3 Å². The van der Waals surface area contributed by atoms with Crippen molar-refractivity contribution < 1.29 is 44.9 Å². The lowest BCUT2D eigenvalue weighted by Crippen LogP contribution is -2.60. The van der Waals surface area contributed by atoms with Crippen molar-refractivity contribution in [2.24, 2.45) is 0 Å². The second kappa shape index (κ2) is 47.3. The van der Waals surface area contributed by atoms with E-state index >= 15 is 0 Å². The Bertz CT molecular complexity index is 1090. The van der Waals surface area contributed by atoms with Gasteiger partial charge >= 0.3 is 0 Å². The van der Waals surface area contributed by atoms with Crippen molar-refractivity contribution in [2.45, 2.75) is 307 Å². The lowest BCUT2D eigenvalue weighted by atomic mass is 9.99. The minimum atomic E-state index is -1.57. The van der Waals surface area contributed by atoms with Gasteiger partial charge in [0, 0.05) is 13.0 Å². The van der Waals surface area contributed by atoms with Crippen molar-refractivity contribution in [3.05, 3.63) is 24.3 Å². The summed E-state index contributed by atoms with van der Waals surface area (Å²) in [6.07, 6.45) is 49.7. The monoisotopic (exact) mass is 938 g/mol. The molecule has 3 unspecified atom stereocenters. The summed E-state index contributed by atoms with van der Waals surface area (Å²) in [4.78, 5) is 13.0. The van der Waals surface area contributed by atoms with E-state index in [-0.39, 0.29) is 12.5 Å². The maximum absolute atomic E-state index is 13.0. The van der Waals surface area contributed by atoms with Crippen molar-refractivity contribution >= 4 is 5.91 Å². The number of aliphatic hydroxyl groups excluding tert-OH is 6. The summed E-state index contributed by atoms with van der Waals surface area (Å²) in [7, 11) is 0. The summed E-state index contributed by atoms with van der Waals surface area (Å²) >= 11 is 0. The SMILES string of the molecule is CCCCCCCCCCCCCC=CC(O)C(COC1O[C@H](CO)[C@@H](O)[C@H](O)[C@H]1O)NC(=O)CCCCCCCCCCCCCCCCCCCCCCC/C=C\CCCCCCO. The van der Waals surface area contributed by atoms with Gasteiger partial charge in [0.25, 0.3) is 0 Å². The molecular formula is C56H107NO9. The third-order valence-electron chi connectivity index (χ3n) is 13.6. The number of ether oxygens (including phenoxy) is 2. The Morgan fingerprint density at radius 3 is 1.30 bits per heavy atom. The lowest BCUT2D eigenvalue weighted by Gasteiger charge is -2.40. The van der Waals surface area contributed by atoms with Gasteiger partial charge in [0.1, 0.15) is 24.4 Å². The minimum absolute atomic E-state index is 0.176. The van der Waals surface area contributed by atoms with Crippen molar-refractivity contribution in [1.82, 2.24) is 5.32 Å². The van der Waals surface area contributed by atoms with Gasteiger partial charge in [-0.15, -0.1) is 0 Å². The average molecular weight is 938 g/mol. The first-order chi connectivity index (χ1) is 32.3. The van der Waals surface area contributed by atoms with Crippen molar-refractivity contribution in [1.29, 1.82) is 0 Å². The molecule has 1 fully saturated rings. The van der Waals surface area contributed by atoms with E-state index in [1.54, 1.807) is 6.08 Å². The van der Waals surface area contributed by atoms with Gasteiger partial charge in [0.15, 0.2) is 6.29 Å². The van der Waals surface area contributed by atoms with E-state index in [0.717, 1.165) is 51.4 Å². The molecule has 10 heteroatoms. The van der Waals surface area contributed by atoms with Gasteiger partial charge in [0.05, 0.1) is 25.4 Å². The van der Waals surface area contributed by atoms with Crippen LogP contribution < -0.4 is 5.32 Å². The Morgan fingerprint density at radius 1 is 0.515 bits per heavy atom. The zero-order valence-electron chi connectivity index (χ0n) is 42.7. The fraction of sp³-hybridized carbons (Fsp3) is 0.911. The maximum atomic E-state index is 13.0. The highest BCUT2D eigenvalue weighted by Gasteiger charge is 2.44. The molecule has 0 spiro atoms. The highest BCUT2D eigenvalue weighted by Crippen LogP contribution is 2.23. The van der Waals surface area contributed by atoms with Crippen molar-refractivity contribution in [2.75, 3.05) is 19.8 Å². The summed E-state index contributed by atoms with van der Waals surface area (Å²) in [5.41, 5.74) is 0. The largest absolute Gasteiger partial charge is 0.396 e. The first-order valence-corrected chi connectivity index (χ1v) is 28.2. The summed E-state index contributed by atoms with van der Waals surface area (Å²) in [5.74, 6) is -0.176. The molecule has 1 aliphatic heterocycles. The molecule has 1 aliphatic rings. The number of amides is 1. The van der Waals surface area contributed by atoms with Gasteiger partial charge in [0.2, 0.25) is 5.91 Å². The second-order valence-corrected chi connectivity index (χ2v) is 19.8. The molecule has 10 nitrogen and oxygen atoms in total. The molecule has 0 aromatic rings. The lowest BCUT2D eigenvalue weighted by molar-refractivity contribution is -0.302. The van der Waals surface area contributed by atoms with Gasteiger partial charge in [-0.05, 0) is 51.4 Å². The number of hydrogen-bond donors (Lipinski definition) is 7. The van der Waals surface area contributed by atoms with Gasteiger partial charge in [-0.2, -0.15) is 0 Å². The predicted molar refractivity (Wildman–Crippen MR) is 273 cm³/mol. The van der Waals surface area contributed by atoms with Crippen LogP contribution in [0, 0.1) is 0 Å². The van der Waals surface area contributed by atoms with Crippen LogP contribution in [0.3, 0.4) is 0 Å². The number of aliphatic hydroxyl groups is 6. The van der Waals surface area contributed by atoms with Crippen molar-refractivity contribution in [3.63, 3.8) is 0 Å². The normalized spacial score (nSPS) is 19.9. The molecule has 0 bridgehead atoms. The highest BCUT2D eigenvalue weighted by molar-refractivity contribution is 5.76. The first-order valence-electron chi connectivity index (χ1n) is 28.2. The Kier molecular flexibility index (Phi) is 44.9. The molecule has 1 saturated heterocycles. The Labute approximate surface area is 405 Å². The van der Waals surface area contributed by atoms with Crippen LogP contribution in [0.1, 0.15) is 264 Å². The molecule has 1 heterocycles. The van der Waals surface area contributed by atoms with Crippen LogP contribution in [0.15, 0.2) is 24.3 Å². The van der Waals surface area contributed by atoms with E-state index in [2.05, 4.69) is 24.4 Å². The number of carbonyl (C=O) groups is 1. The molecule has 390 valence electrons. The fourth-order valence-electron chi connectivity index (χ4n) is 9.07. The molecule has 0 aliphatic carbocycles. The second-order valence-electron chi connectivity index (χ2n) is 19.8. The minimum Gasteiger partial charge on any atom is -0.396 e. The standard InChI is InChI=1S/C56H107NO9/c1-2-3-4-5-6-7-8-26-29-32-35-38-41-44-50(60)49(48-65-56-55(64)54(63)53(62)51(47-59)66-56)57-52(61)45-42-39-36-33-30-27-24-22-20-18-16-14-12-10-9-11-13-15-17-19-21-23-25-28-31-34-37-40-43-46-58/h25,28,41,44,49-51,53-56,58-60,62-64H,2-24,26-27,29-40,42-43,45-48H2,1H3,(H,57,61)/b28-25-,44-41?/t49?,50?,51-,53-,54+,55-,56?/m1/s1. The quantitative estimate of drug-likeness (QED) is 0.0232. The number of carbonyl (C=O) groups excluding carboxylic acids is 1. The molecule has 0 saturated carbocycles. The number of allylic oxidation sites excluding steroid dienone is 3. The smallest absolute Gasteiger partial charge is 0.220 e. The summed E-state index contributed by atoms with van der Waals surface area (Å²) in [5, 5.41) is 63.2. The number of rotatable bonds is 49. The van der Waals surface area contributed by atoms with E-state index < -0.39 is 49.5 Å². The highest BCUT2D eigenvalue weighted by atomic mass is 16.7. The number of hydrogen-bond acceptors (Lipinski definition) is 9. The summed E-state index contributed by atoms with van der Waals surface area (Å²) in [6.45, 7) is 1.83. The van der Waals surface area contributed by atoms with Crippen LogP contribution in [0.5, 0.6) is 0 Å². The predicted octanol–water partition coefficient (Wildman–Crippen LogP) is 12.4. The molecule has 0 aromatic carbocycles. The van der Waals surface area contributed by atoms with E-state index in [1.165, 1.54) is 199 Å². The number of unbranched alkanes of at least 4 members (excludes halogenated alkanes) is 36. The Hall–Kier alpha value is -1.37. The number of nitrogens with one attached hydrogen (secondary N) is 1. The van der Waals surface area contributed by atoms with Crippen LogP contribution in [-0.4, -0.2) is 99.2 Å². The van der Waals surface area contributed by atoms with E-state index in [4.69, 9.17) is 14.6 Å². The molecule has 0 aromatic heterocycles. The summed E-state index contributed by atoms with van der Waals surface area (Å²) in [6, 6.07) is -0.804. The van der Waals surface area contributed by atoms with Gasteiger partial charge < -0.3 is 45.4 Å². The third kappa shape index (κ3) is 36.6. The zero-order chi connectivity index (χ0) is 48.0. The zero-order valence-corrected chi connectivity index (χ0v) is 42.7. The van der Waals surface area contributed by atoms with Gasteiger partial charge in [-0.25, -0.2) is 0 Å². The topological polar surface area (TPSA) is 169 Å². The van der Waals surface area contributed by atoms with Crippen molar-refractivity contribution in [3.8, 4) is 0 Å². The van der Waals surface area contributed by atoms with E-state index in [1.807, 2.05) is 6.08 Å². The molecule has 7 atom stereocenters. The maximum Gasteiger partial charge on any atom is 0.220 e. The molecule has 1 amide bonds. The molecule has 0 radical (unpaired) electrons. The van der Waals surface area contributed by atoms with Crippen LogP contribution in [0.2, 0.25) is 0 Å². The van der Waals surface area contributed by atoms with Gasteiger partial charge in [-0.1, -0.05) is 230 Å². The van der Waals surface area contributed by atoms with E-state index in [9.17, 15) is 30.3 Å². The van der Waals surface area contributed by atoms with Gasteiger partial charge in [-0.3, -0.25) is 4.79 Å². The Balaban J connectivity index is 2.13. The summed E-state index contributed by atoms with van der Waals surface area (Å²) < 4.78 is 11.2. The molecular weight excluding hydrogens is 831 g/mol. The van der Waals surface area contributed by atoms with E-state index in [0.29, 0.717) is 13.0 Å². The molecule has 1 rings (SSSR count). The van der Waals surface area contributed by atoms with Crippen LogP contribution in [0.4, 0.5) is 0 Å². The Morgan fingerprint density at radius 2 is 0.894 bits per heavy atom. The molecule has 66 heavy (non-hydrogen) atoms. The molecule has 7 N–H and O–H groups in total. The fourth-order valence-corrected chi connectivity index (χ4v) is 9.07. The van der Waals surface area contributed by atoms with Crippen LogP contribution >= 0.6 is 0 Å². The average Bonchev–Trinajstić information content (AvgIpc) is 3.32. The third-order valence-corrected chi connectivity index (χ3v) is 13.6. The van der Waals surface area contributed by atoms with Crippen LogP contribution in [0.25, 0.3) is 0 Å². The first kappa shape index (κ1) is 62.6.